The van der Waals surface area contributed by atoms with Gasteiger partial charge in [-0.05, 0) is 33.6 Å². The Morgan fingerprint density at radius 1 is 1.24 bits per heavy atom. The Labute approximate surface area is 154 Å². The van der Waals surface area contributed by atoms with Crippen LogP contribution in [0.4, 0.5) is 0 Å². The van der Waals surface area contributed by atoms with Crippen LogP contribution in [0, 0.1) is 13.8 Å². The van der Waals surface area contributed by atoms with Crippen LogP contribution in [0.25, 0.3) is 0 Å². The van der Waals surface area contributed by atoms with Crippen molar-refractivity contribution in [2.24, 2.45) is 4.99 Å². The van der Waals surface area contributed by atoms with Gasteiger partial charge in [0.25, 0.3) is 0 Å². The standard InChI is InChI=1S/C18H31N5OS/c1-4-19-18(21-12-16-13(2)22-14(3)25-16)20-11-10-17(24)23-15-8-6-5-7-9-15/h15H,4-12H2,1-3H3,(H,23,24)(H2,19,20,21). The lowest BCUT2D eigenvalue weighted by molar-refractivity contribution is -0.121. The monoisotopic (exact) mass is 365 g/mol. The molecule has 1 aromatic heterocycles. The molecule has 0 radical (unpaired) electrons. The first-order valence-corrected chi connectivity index (χ1v) is 10.1. The fraction of sp³-hybridized carbons (Fsp3) is 0.722. The molecule has 1 aliphatic rings. The Balaban J connectivity index is 1.75. The molecule has 0 bridgehead atoms. The predicted octanol–water partition coefficient (Wildman–Crippen LogP) is 2.65. The fourth-order valence-electron chi connectivity index (χ4n) is 3.05. The van der Waals surface area contributed by atoms with Crippen molar-refractivity contribution in [1.82, 2.24) is 20.9 Å². The van der Waals surface area contributed by atoms with Crippen LogP contribution < -0.4 is 16.0 Å². The second-order valence-corrected chi connectivity index (χ2v) is 7.80. The number of carbonyl (C=O) groups excluding carboxylic acids is 1. The van der Waals surface area contributed by atoms with Crippen LogP contribution in [0.1, 0.15) is 61.0 Å². The van der Waals surface area contributed by atoms with Gasteiger partial charge in [0.05, 0.1) is 17.2 Å². The van der Waals surface area contributed by atoms with Crippen molar-refractivity contribution in [2.45, 2.75) is 71.9 Å². The SMILES string of the molecule is CCNC(=NCc1sc(C)nc1C)NCCC(=O)NC1CCCCC1. The first-order chi connectivity index (χ1) is 12.1. The van der Waals surface area contributed by atoms with E-state index in [4.69, 9.17) is 0 Å². The van der Waals surface area contributed by atoms with Crippen LogP contribution in [-0.2, 0) is 11.3 Å². The number of thiazole rings is 1. The van der Waals surface area contributed by atoms with E-state index in [0.717, 1.165) is 36.0 Å². The van der Waals surface area contributed by atoms with Crippen molar-refractivity contribution in [3.05, 3.63) is 15.6 Å². The molecule has 1 heterocycles. The maximum Gasteiger partial charge on any atom is 0.221 e. The average Bonchev–Trinajstić information content (AvgIpc) is 2.91. The molecule has 1 fully saturated rings. The van der Waals surface area contributed by atoms with Gasteiger partial charge in [-0.3, -0.25) is 4.79 Å². The highest BCUT2D eigenvalue weighted by molar-refractivity contribution is 7.11. The van der Waals surface area contributed by atoms with Crippen molar-refractivity contribution in [3.63, 3.8) is 0 Å². The molecule has 1 amide bonds. The molecule has 1 aromatic rings. The summed E-state index contributed by atoms with van der Waals surface area (Å²) in [6.07, 6.45) is 6.48. The second-order valence-electron chi connectivity index (χ2n) is 6.52. The van der Waals surface area contributed by atoms with Crippen LogP contribution in [-0.4, -0.2) is 36.0 Å². The minimum absolute atomic E-state index is 0.129. The number of amides is 1. The van der Waals surface area contributed by atoms with Gasteiger partial charge < -0.3 is 16.0 Å². The Morgan fingerprint density at radius 3 is 2.64 bits per heavy atom. The zero-order chi connectivity index (χ0) is 18.1. The Bertz CT molecular complexity index is 578. The number of nitrogens with one attached hydrogen (secondary N) is 3. The van der Waals surface area contributed by atoms with E-state index in [0.29, 0.717) is 25.6 Å². The summed E-state index contributed by atoms with van der Waals surface area (Å²) in [6, 6.07) is 0.376. The van der Waals surface area contributed by atoms with Crippen molar-refractivity contribution in [2.75, 3.05) is 13.1 Å². The summed E-state index contributed by atoms with van der Waals surface area (Å²) in [5, 5.41) is 10.7. The van der Waals surface area contributed by atoms with E-state index in [1.54, 1.807) is 11.3 Å². The number of carbonyl (C=O) groups is 1. The van der Waals surface area contributed by atoms with Crippen molar-refractivity contribution >= 4 is 23.2 Å². The van der Waals surface area contributed by atoms with E-state index >= 15 is 0 Å². The molecule has 2 rings (SSSR count). The van der Waals surface area contributed by atoms with Gasteiger partial charge in [0.2, 0.25) is 5.91 Å². The quantitative estimate of drug-likeness (QED) is 0.513. The number of aryl methyl sites for hydroxylation is 2. The molecule has 1 saturated carbocycles. The fourth-order valence-corrected chi connectivity index (χ4v) is 3.92. The van der Waals surface area contributed by atoms with Crippen LogP contribution in [0.2, 0.25) is 0 Å². The summed E-state index contributed by atoms with van der Waals surface area (Å²) in [5.41, 5.74) is 1.05. The molecule has 0 aromatic carbocycles. The Hall–Kier alpha value is -1.63. The number of rotatable bonds is 7. The molecular formula is C18H31N5OS. The second kappa shape index (κ2) is 10.4. The molecule has 0 atom stereocenters. The maximum absolute atomic E-state index is 12.1. The Kier molecular flexibility index (Phi) is 8.18. The zero-order valence-electron chi connectivity index (χ0n) is 15.7. The molecule has 0 saturated heterocycles. The van der Waals surface area contributed by atoms with Crippen molar-refractivity contribution in [3.8, 4) is 0 Å². The van der Waals surface area contributed by atoms with Crippen molar-refractivity contribution < 1.29 is 4.79 Å². The highest BCUT2D eigenvalue weighted by Gasteiger charge is 2.15. The summed E-state index contributed by atoms with van der Waals surface area (Å²) in [6.45, 7) is 8.06. The molecule has 0 aliphatic heterocycles. The molecule has 3 N–H and O–H groups in total. The summed E-state index contributed by atoms with van der Waals surface area (Å²) >= 11 is 1.68. The summed E-state index contributed by atoms with van der Waals surface area (Å²) in [5.74, 6) is 0.877. The van der Waals surface area contributed by atoms with Crippen molar-refractivity contribution in [1.29, 1.82) is 0 Å². The smallest absolute Gasteiger partial charge is 0.221 e. The van der Waals surface area contributed by atoms with Gasteiger partial charge in [0, 0.05) is 30.4 Å². The van der Waals surface area contributed by atoms with Crippen LogP contribution in [0.3, 0.4) is 0 Å². The Morgan fingerprint density at radius 2 is 2.00 bits per heavy atom. The predicted molar refractivity (Wildman–Crippen MR) is 104 cm³/mol. The van der Waals surface area contributed by atoms with E-state index in [1.807, 2.05) is 20.8 Å². The minimum Gasteiger partial charge on any atom is -0.357 e. The molecule has 140 valence electrons. The van der Waals surface area contributed by atoms with Crippen LogP contribution in [0.5, 0.6) is 0 Å². The van der Waals surface area contributed by atoms with Crippen LogP contribution >= 0.6 is 11.3 Å². The minimum atomic E-state index is 0.129. The molecule has 25 heavy (non-hydrogen) atoms. The largest absolute Gasteiger partial charge is 0.357 e. The number of nitrogens with zero attached hydrogens (tertiary/aromatic N) is 2. The number of aliphatic imine (C=N–C) groups is 1. The summed E-state index contributed by atoms with van der Waals surface area (Å²) < 4.78 is 0. The van der Waals surface area contributed by atoms with Gasteiger partial charge in [-0.25, -0.2) is 9.98 Å². The zero-order valence-corrected chi connectivity index (χ0v) is 16.5. The highest BCUT2D eigenvalue weighted by Crippen LogP contribution is 2.18. The van der Waals surface area contributed by atoms with Gasteiger partial charge >= 0.3 is 0 Å². The van der Waals surface area contributed by atoms with Gasteiger partial charge in [0.15, 0.2) is 5.96 Å². The van der Waals surface area contributed by atoms with Gasteiger partial charge in [-0.2, -0.15) is 0 Å². The van der Waals surface area contributed by atoms with E-state index < -0.39 is 0 Å². The molecule has 0 unspecified atom stereocenters. The number of hydrogen-bond acceptors (Lipinski definition) is 4. The third-order valence-corrected chi connectivity index (χ3v) is 5.40. The third-order valence-electron chi connectivity index (χ3n) is 4.34. The molecule has 7 heteroatoms. The third kappa shape index (κ3) is 7.02. The maximum atomic E-state index is 12.1. The lowest BCUT2D eigenvalue weighted by Gasteiger charge is -2.22. The molecular weight excluding hydrogens is 334 g/mol. The summed E-state index contributed by atoms with van der Waals surface area (Å²) in [4.78, 5) is 22.3. The number of guanidine groups is 1. The summed E-state index contributed by atoms with van der Waals surface area (Å²) in [7, 11) is 0. The lowest BCUT2D eigenvalue weighted by atomic mass is 9.95. The van der Waals surface area contributed by atoms with Gasteiger partial charge in [0.1, 0.15) is 0 Å². The molecule has 1 aliphatic carbocycles. The highest BCUT2D eigenvalue weighted by atomic mass is 32.1. The molecule has 6 nitrogen and oxygen atoms in total. The van der Waals surface area contributed by atoms with Crippen LogP contribution in [0.15, 0.2) is 4.99 Å². The number of aromatic nitrogens is 1. The van der Waals surface area contributed by atoms with E-state index in [1.165, 1.54) is 24.1 Å². The first-order valence-electron chi connectivity index (χ1n) is 9.33. The topological polar surface area (TPSA) is 78.4 Å². The average molecular weight is 366 g/mol. The molecule has 0 spiro atoms. The van der Waals surface area contributed by atoms with Gasteiger partial charge in [-0.1, -0.05) is 19.3 Å². The first kappa shape index (κ1) is 19.7. The lowest BCUT2D eigenvalue weighted by Crippen LogP contribution is -2.41. The number of hydrogen-bond donors (Lipinski definition) is 3. The van der Waals surface area contributed by atoms with Gasteiger partial charge in [-0.15, -0.1) is 11.3 Å². The van der Waals surface area contributed by atoms with E-state index in [9.17, 15) is 4.79 Å². The van der Waals surface area contributed by atoms with E-state index in [2.05, 4.69) is 25.9 Å². The normalized spacial score (nSPS) is 15.9. The van der Waals surface area contributed by atoms with E-state index in [-0.39, 0.29) is 5.91 Å².